The van der Waals surface area contributed by atoms with Crippen LogP contribution in [0.1, 0.15) is 73.9 Å². The first-order valence-electron chi connectivity index (χ1n) is 11.1. The number of pyridine rings is 1. The molecular formula is C23H27N7S. The van der Waals surface area contributed by atoms with Gasteiger partial charge >= 0.3 is 0 Å². The van der Waals surface area contributed by atoms with E-state index in [-0.39, 0.29) is 0 Å². The third-order valence-corrected chi connectivity index (χ3v) is 7.12. The van der Waals surface area contributed by atoms with Gasteiger partial charge in [-0.15, -0.1) is 11.3 Å². The van der Waals surface area contributed by atoms with Crippen LogP contribution in [0.15, 0.2) is 36.1 Å². The number of anilines is 2. The van der Waals surface area contributed by atoms with Gasteiger partial charge in [-0.2, -0.15) is 10.4 Å². The second-order valence-corrected chi connectivity index (χ2v) is 9.35. The Bertz CT molecular complexity index is 1060. The number of likely N-dealkylation sites (tertiary alicyclic amines) is 1. The molecule has 0 amide bonds. The van der Waals surface area contributed by atoms with Crippen LogP contribution in [-0.2, 0) is 6.54 Å². The number of hydrogen-bond donors (Lipinski definition) is 1. The Morgan fingerprint density at radius 1 is 1.19 bits per heavy atom. The third-order valence-electron chi connectivity index (χ3n) is 6.34. The van der Waals surface area contributed by atoms with Crippen molar-refractivity contribution in [3.63, 3.8) is 0 Å². The van der Waals surface area contributed by atoms with Crippen molar-refractivity contribution in [2.45, 2.75) is 63.6 Å². The summed E-state index contributed by atoms with van der Waals surface area (Å²) in [7, 11) is 0. The average molecular weight is 434 g/mol. The lowest BCUT2D eigenvalue weighted by atomic mass is 9.99. The summed E-state index contributed by atoms with van der Waals surface area (Å²) >= 11 is 1.59. The Balaban J connectivity index is 1.28. The van der Waals surface area contributed by atoms with Crippen molar-refractivity contribution in [1.82, 2.24) is 24.6 Å². The molecule has 3 aromatic rings. The molecule has 2 fully saturated rings. The van der Waals surface area contributed by atoms with E-state index in [1.807, 2.05) is 6.20 Å². The third kappa shape index (κ3) is 4.63. The maximum atomic E-state index is 9.09. The first-order valence-corrected chi connectivity index (χ1v) is 12.0. The lowest BCUT2D eigenvalue weighted by Gasteiger charge is -2.34. The summed E-state index contributed by atoms with van der Waals surface area (Å²) in [5.74, 6) is 0.653. The van der Waals surface area contributed by atoms with Gasteiger partial charge in [-0.3, -0.25) is 9.58 Å². The summed E-state index contributed by atoms with van der Waals surface area (Å²) in [4.78, 5) is 11.7. The van der Waals surface area contributed by atoms with Gasteiger partial charge in [0.2, 0.25) is 0 Å². The van der Waals surface area contributed by atoms with E-state index in [2.05, 4.69) is 42.6 Å². The molecule has 160 valence electrons. The van der Waals surface area contributed by atoms with E-state index in [1.165, 1.54) is 44.1 Å². The van der Waals surface area contributed by atoms with Crippen LogP contribution < -0.4 is 5.32 Å². The smallest absolute Gasteiger partial charge is 0.188 e. The van der Waals surface area contributed by atoms with E-state index < -0.39 is 0 Å². The molecule has 0 unspecified atom stereocenters. The number of nitrogens with zero attached hydrogens (tertiary/aromatic N) is 6. The Morgan fingerprint density at radius 2 is 2.06 bits per heavy atom. The van der Waals surface area contributed by atoms with Gasteiger partial charge in [-0.05, 0) is 44.4 Å². The van der Waals surface area contributed by atoms with Crippen molar-refractivity contribution in [3.05, 3.63) is 52.9 Å². The molecule has 1 N–H and O–H groups in total. The van der Waals surface area contributed by atoms with Crippen LogP contribution in [0.2, 0.25) is 0 Å². The van der Waals surface area contributed by atoms with Crippen LogP contribution in [0.4, 0.5) is 10.9 Å². The van der Waals surface area contributed by atoms with Gasteiger partial charge in [-0.25, -0.2) is 9.97 Å². The fraction of sp³-hybridized carbons (Fsp3) is 0.478. The first-order chi connectivity index (χ1) is 15.3. The van der Waals surface area contributed by atoms with Gasteiger partial charge in [-0.1, -0.05) is 19.3 Å². The first kappa shape index (κ1) is 20.2. The molecule has 8 heteroatoms. The molecule has 1 aliphatic carbocycles. The molecular weight excluding hydrogens is 406 g/mol. The zero-order valence-electron chi connectivity index (χ0n) is 17.6. The van der Waals surface area contributed by atoms with E-state index in [4.69, 9.17) is 10.2 Å². The van der Waals surface area contributed by atoms with Crippen LogP contribution in [0.25, 0.3) is 0 Å². The summed E-state index contributed by atoms with van der Waals surface area (Å²) in [5, 5.41) is 20.0. The summed E-state index contributed by atoms with van der Waals surface area (Å²) in [5.41, 5.74) is 3.00. The van der Waals surface area contributed by atoms with Crippen molar-refractivity contribution >= 4 is 22.3 Å². The largest absolute Gasteiger partial charge is 0.316 e. The number of nitriles is 1. The predicted molar refractivity (Wildman–Crippen MR) is 121 cm³/mol. The van der Waals surface area contributed by atoms with Crippen molar-refractivity contribution in [2.75, 3.05) is 11.9 Å². The van der Waals surface area contributed by atoms with Gasteiger partial charge in [0.1, 0.15) is 5.82 Å². The van der Waals surface area contributed by atoms with Gasteiger partial charge < -0.3 is 5.32 Å². The highest BCUT2D eigenvalue weighted by Crippen LogP contribution is 2.35. The lowest BCUT2D eigenvalue weighted by Crippen LogP contribution is -2.33. The number of thiazole rings is 1. The van der Waals surface area contributed by atoms with E-state index in [9.17, 15) is 0 Å². The molecule has 2 aliphatic rings. The molecule has 3 aromatic heterocycles. The summed E-state index contributed by atoms with van der Waals surface area (Å²) < 4.78 is 2.19. The SMILES string of the molecule is N#Cc1ccnc(Nc2nc([C@H]3CCCCN3Cc3cnn(C4CCCC4)c3)cs2)c1. The fourth-order valence-corrected chi connectivity index (χ4v) is 5.52. The fourth-order valence-electron chi connectivity index (χ4n) is 4.75. The predicted octanol–water partition coefficient (Wildman–Crippen LogP) is 5.19. The highest BCUT2D eigenvalue weighted by Gasteiger charge is 2.27. The standard InChI is InChI=1S/C23H27N7S/c24-12-17-8-9-25-22(11-17)28-23-27-20(16-31-23)21-7-3-4-10-29(21)14-18-13-26-30(15-18)19-5-1-2-6-19/h8-9,11,13,15-16,19,21H,1-7,10,14H2,(H,25,27,28)/t21-/m1/s1. The molecule has 1 saturated carbocycles. The lowest BCUT2D eigenvalue weighted by molar-refractivity contribution is 0.138. The average Bonchev–Trinajstić information content (AvgIpc) is 3.56. The number of rotatable bonds is 6. The summed E-state index contributed by atoms with van der Waals surface area (Å²) in [6.45, 7) is 2.01. The molecule has 1 aliphatic heterocycles. The number of nitrogens with one attached hydrogen (secondary N) is 1. The highest BCUT2D eigenvalue weighted by atomic mass is 32.1. The van der Waals surface area contributed by atoms with Crippen LogP contribution in [-0.4, -0.2) is 31.2 Å². The van der Waals surface area contributed by atoms with Crippen LogP contribution in [0.5, 0.6) is 0 Å². The van der Waals surface area contributed by atoms with E-state index in [0.29, 0.717) is 23.5 Å². The Labute approximate surface area is 186 Å². The molecule has 5 rings (SSSR count). The molecule has 4 heterocycles. The molecule has 1 atom stereocenters. The minimum Gasteiger partial charge on any atom is -0.316 e. The molecule has 0 bridgehead atoms. The number of aromatic nitrogens is 4. The zero-order chi connectivity index (χ0) is 21.0. The van der Waals surface area contributed by atoms with Crippen molar-refractivity contribution < 1.29 is 0 Å². The van der Waals surface area contributed by atoms with E-state index in [1.54, 1.807) is 29.7 Å². The minimum atomic E-state index is 0.328. The van der Waals surface area contributed by atoms with Crippen LogP contribution >= 0.6 is 11.3 Å². The maximum absolute atomic E-state index is 9.09. The Hall–Kier alpha value is -2.76. The highest BCUT2D eigenvalue weighted by molar-refractivity contribution is 7.13. The second-order valence-electron chi connectivity index (χ2n) is 8.49. The van der Waals surface area contributed by atoms with Gasteiger partial charge in [0.25, 0.3) is 0 Å². The van der Waals surface area contributed by atoms with Crippen LogP contribution in [0.3, 0.4) is 0 Å². The molecule has 0 aromatic carbocycles. The maximum Gasteiger partial charge on any atom is 0.188 e. The quantitative estimate of drug-likeness (QED) is 0.576. The van der Waals surface area contributed by atoms with E-state index in [0.717, 1.165) is 30.3 Å². The minimum absolute atomic E-state index is 0.328. The monoisotopic (exact) mass is 433 g/mol. The Kier molecular flexibility index (Phi) is 5.96. The van der Waals surface area contributed by atoms with E-state index >= 15 is 0 Å². The topological polar surface area (TPSA) is 82.7 Å². The van der Waals surface area contributed by atoms with Crippen molar-refractivity contribution in [2.24, 2.45) is 0 Å². The summed E-state index contributed by atoms with van der Waals surface area (Å²) in [6.07, 6.45) is 14.7. The molecule has 0 radical (unpaired) electrons. The Morgan fingerprint density at radius 3 is 2.94 bits per heavy atom. The number of piperidine rings is 1. The molecule has 7 nitrogen and oxygen atoms in total. The molecule has 31 heavy (non-hydrogen) atoms. The van der Waals surface area contributed by atoms with Crippen molar-refractivity contribution in [3.8, 4) is 6.07 Å². The molecule has 0 spiro atoms. The summed E-state index contributed by atoms with van der Waals surface area (Å²) in [6, 6.07) is 6.51. The van der Waals surface area contributed by atoms with Gasteiger partial charge in [0.05, 0.1) is 35.6 Å². The number of hydrogen-bond acceptors (Lipinski definition) is 7. The van der Waals surface area contributed by atoms with Gasteiger partial charge in [0.15, 0.2) is 5.13 Å². The van der Waals surface area contributed by atoms with Crippen LogP contribution in [0, 0.1) is 11.3 Å². The second kappa shape index (κ2) is 9.16. The molecule has 1 saturated heterocycles. The zero-order valence-corrected chi connectivity index (χ0v) is 18.4. The van der Waals surface area contributed by atoms with Gasteiger partial charge in [0, 0.05) is 29.9 Å². The van der Waals surface area contributed by atoms with Crippen molar-refractivity contribution in [1.29, 1.82) is 5.26 Å². The normalized spacial score (nSPS) is 20.0.